The predicted octanol–water partition coefficient (Wildman–Crippen LogP) is 4.23. The van der Waals surface area contributed by atoms with Gasteiger partial charge in [-0.05, 0) is 79.5 Å². The number of ether oxygens (including phenoxy) is 3. The van der Waals surface area contributed by atoms with Gasteiger partial charge in [0.1, 0.15) is 28.4 Å². The van der Waals surface area contributed by atoms with E-state index in [-0.39, 0.29) is 33.8 Å². The first-order chi connectivity index (χ1) is 25.6. The maximum absolute atomic E-state index is 11.4. The minimum atomic E-state index is -4.12. The van der Waals surface area contributed by atoms with E-state index in [0.29, 0.717) is 20.4 Å². The first kappa shape index (κ1) is 50.9. The average Bonchev–Trinajstić information content (AvgIpc) is 3.03. The normalized spacial score (nSPS) is 11.0. The van der Waals surface area contributed by atoms with Crippen LogP contribution in [0.25, 0.3) is 0 Å². The second-order valence-electron chi connectivity index (χ2n) is 11.8. The smallest absolute Gasteiger partial charge is 0.357 e. The van der Waals surface area contributed by atoms with Crippen LogP contribution in [-0.4, -0.2) is 103 Å². The largest absolute Gasteiger partial charge is 0.507 e. The lowest BCUT2D eigenvalue weighted by atomic mass is 10.1. The Morgan fingerprint density at radius 2 is 1.45 bits per heavy atom. The molecule has 0 saturated heterocycles. The van der Waals surface area contributed by atoms with Crippen molar-refractivity contribution in [2.45, 2.75) is 46.3 Å². The number of hydrogen-bond donors (Lipinski definition) is 9. The summed E-state index contributed by atoms with van der Waals surface area (Å²) in [6.45, 7) is 7.31. The van der Waals surface area contributed by atoms with Crippen molar-refractivity contribution in [3.05, 3.63) is 74.2 Å². The Bertz CT molecular complexity index is 1940. The van der Waals surface area contributed by atoms with Crippen molar-refractivity contribution in [2.75, 3.05) is 26.1 Å². The lowest BCUT2D eigenvalue weighted by Gasteiger charge is -2.22. The van der Waals surface area contributed by atoms with Gasteiger partial charge in [-0.15, -0.1) is 0 Å². The van der Waals surface area contributed by atoms with Gasteiger partial charge in [0.2, 0.25) is 11.9 Å². The van der Waals surface area contributed by atoms with Crippen molar-refractivity contribution in [3.8, 4) is 17.2 Å². The summed E-state index contributed by atoms with van der Waals surface area (Å²) in [5.74, 6) is -6.34. The van der Waals surface area contributed by atoms with E-state index in [2.05, 4.69) is 42.5 Å². The Labute approximate surface area is 337 Å². The lowest BCUT2D eigenvalue weighted by Crippen LogP contribution is -2.48. The summed E-state index contributed by atoms with van der Waals surface area (Å²) in [5, 5.41) is 48.5. The highest BCUT2D eigenvalue weighted by molar-refractivity contribution is 9.11. The van der Waals surface area contributed by atoms with Crippen LogP contribution in [0, 0.1) is 6.92 Å². The molecule has 0 aliphatic carbocycles. The highest BCUT2D eigenvalue weighted by atomic mass is 79.9. The fourth-order valence-corrected chi connectivity index (χ4v) is 5.89. The van der Waals surface area contributed by atoms with Gasteiger partial charge >= 0.3 is 37.4 Å². The molecule has 3 rings (SSSR count). The summed E-state index contributed by atoms with van der Waals surface area (Å²) < 4.78 is 26.4. The van der Waals surface area contributed by atoms with E-state index in [9.17, 15) is 38.4 Å². The van der Waals surface area contributed by atoms with E-state index in [1.165, 1.54) is 51.5 Å². The fourth-order valence-electron chi connectivity index (χ4n) is 3.73. The first-order valence-electron chi connectivity index (χ1n) is 15.4. The van der Waals surface area contributed by atoms with Gasteiger partial charge in [-0.1, -0.05) is 22.0 Å². The number of phenols is 1. The number of aliphatic carboxylic acids is 2. The van der Waals surface area contributed by atoms with Gasteiger partial charge in [-0.25, -0.2) is 19.2 Å². The van der Waals surface area contributed by atoms with Gasteiger partial charge in [0.05, 0.1) is 37.3 Å². The topological polar surface area (TPSA) is 313 Å². The number of carbonyl (C=O) groups is 6. The minimum absolute atomic E-state index is 0.0353. The Balaban J connectivity index is 0.000000723. The van der Waals surface area contributed by atoms with Crippen LogP contribution in [0.5, 0.6) is 17.2 Å². The van der Waals surface area contributed by atoms with Crippen molar-refractivity contribution in [3.63, 3.8) is 0 Å². The van der Waals surface area contributed by atoms with Gasteiger partial charge in [-0.3, -0.25) is 19.5 Å². The van der Waals surface area contributed by atoms with Crippen LogP contribution in [-0.2, 0) is 28.5 Å². The molecular formula is C34H41Br2N2O17P. The number of esters is 1. The highest BCUT2D eigenvalue weighted by Gasteiger charge is 2.31. The predicted molar refractivity (Wildman–Crippen MR) is 207 cm³/mol. The number of aromatic hydroxyl groups is 1. The van der Waals surface area contributed by atoms with Gasteiger partial charge in [0.25, 0.3) is 0 Å². The third-order valence-corrected chi connectivity index (χ3v) is 8.48. The van der Waals surface area contributed by atoms with Crippen molar-refractivity contribution < 1.29 is 82.9 Å². The zero-order chi connectivity index (χ0) is 43.7. The third kappa shape index (κ3) is 19.0. The van der Waals surface area contributed by atoms with E-state index >= 15 is 0 Å². The SMILES string of the molecule is CC(=O)Nc1ccc(Br)cc1C(=O)O.CC(C)(C)OC(=O)C(NCC(=O)O)C(=O)O.COc1cc(O)c(C(=O)O)c(OC)c1.Cc1ccc(P(=O)(O)O)c(Br)c1. The number of nitrogens with one attached hydrogen (secondary N) is 2. The highest BCUT2D eigenvalue weighted by Crippen LogP contribution is 2.36. The Kier molecular flexibility index (Phi) is 21.0. The number of halogens is 2. The summed E-state index contributed by atoms with van der Waals surface area (Å²) in [6, 6.07) is 10.3. The number of rotatable bonds is 11. The number of amides is 1. The zero-order valence-electron chi connectivity index (χ0n) is 30.8. The number of hydrogen-bond acceptors (Lipinski definition) is 12. The van der Waals surface area contributed by atoms with E-state index in [1.54, 1.807) is 39.0 Å². The van der Waals surface area contributed by atoms with Crippen LogP contribution in [0.15, 0.2) is 57.5 Å². The van der Waals surface area contributed by atoms with Gasteiger partial charge in [-0.2, -0.15) is 0 Å². The number of carboxylic acid groups (broad SMARTS) is 4. The Morgan fingerprint density at radius 1 is 0.857 bits per heavy atom. The standard InChI is InChI=1S/C9H8BrNO3.C9H15NO6.C9H10O5.C7H8BrO3P/c1-5(12)11-8-3-2-6(10)4-7(8)9(13)14;1-9(2,3)16-8(15)6(7(13)14)10-4-5(11)12;1-13-5-3-6(10)8(9(11)12)7(4-5)14-2;1-5-2-3-7(6(8)4-5)12(9,10)11/h2-4H,1H3,(H,11,12)(H,13,14);6,10H,4H2,1-3H3,(H,11,12)(H,13,14);3-4,10H,1-2H3,(H,11,12);2-4H,1H3,(H2,9,10,11). The molecule has 1 unspecified atom stereocenters. The van der Waals surface area contributed by atoms with Crippen molar-refractivity contribution >= 4 is 86.2 Å². The maximum atomic E-state index is 11.4. The van der Waals surface area contributed by atoms with Crippen LogP contribution in [0.4, 0.5) is 5.69 Å². The summed E-state index contributed by atoms with van der Waals surface area (Å²) >= 11 is 6.25. The minimum Gasteiger partial charge on any atom is -0.507 e. The van der Waals surface area contributed by atoms with Crippen molar-refractivity contribution in [2.24, 2.45) is 0 Å². The fraction of sp³-hybridized carbons (Fsp3) is 0.294. The molecule has 22 heteroatoms. The van der Waals surface area contributed by atoms with Crippen LogP contribution >= 0.6 is 39.5 Å². The van der Waals surface area contributed by atoms with Crippen LogP contribution < -0.4 is 25.4 Å². The quantitative estimate of drug-likeness (QED) is 0.0738. The van der Waals surface area contributed by atoms with E-state index in [0.717, 1.165) is 5.56 Å². The number of anilines is 1. The molecule has 308 valence electrons. The molecule has 56 heavy (non-hydrogen) atoms. The zero-order valence-corrected chi connectivity index (χ0v) is 34.9. The van der Waals surface area contributed by atoms with Crippen LogP contribution in [0.3, 0.4) is 0 Å². The average molecular weight is 940 g/mol. The molecule has 0 aliphatic heterocycles. The summed E-state index contributed by atoms with van der Waals surface area (Å²) in [7, 11) is -1.39. The third-order valence-electron chi connectivity index (χ3n) is 6.01. The maximum Gasteiger partial charge on any atom is 0.357 e. The molecule has 0 bridgehead atoms. The van der Waals surface area contributed by atoms with E-state index in [4.69, 9.17) is 44.4 Å². The Hall–Kier alpha value is -5.05. The number of aromatic carboxylic acids is 2. The summed E-state index contributed by atoms with van der Waals surface area (Å²) in [4.78, 5) is 82.2. The summed E-state index contributed by atoms with van der Waals surface area (Å²) in [6.07, 6.45) is 0. The molecule has 0 spiro atoms. The second-order valence-corrected chi connectivity index (χ2v) is 15.1. The number of carboxylic acids is 4. The Morgan fingerprint density at radius 3 is 1.86 bits per heavy atom. The number of benzene rings is 3. The molecule has 0 aromatic heterocycles. The molecule has 19 nitrogen and oxygen atoms in total. The van der Waals surface area contributed by atoms with E-state index < -0.39 is 55.6 Å². The molecule has 0 fully saturated rings. The second kappa shape index (κ2) is 23.1. The molecule has 1 atom stereocenters. The monoisotopic (exact) mass is 938 g/mol. The van der Waals surface area contributed by atoms with Crippen LogP contribution in [0.1, 0.15) is 54.0 Å². The number of aryl methyl sites for hydroxylation is 1. The van der Waals surface area contributed by atoms with Gasteiger partial charge in [0.15, 0.2) is 0 Å². The van der Waals surface area contributed by atoms with Crippen molar-refractivity contribution in [1.29, 1.82) is 0 Å². The molecule has 0 aliphatic rings. The first-order valence-corrected chi connectivity index (χ1v) is 18.6. The molecule has 0 radical (unpaired) electrons. The van der Waals surface area contributed by atoms with Gasteiger partial charge in [0, 0.05) is 28.0 Å². The molecule has 1 amide bonds. The van der Waals surface area contributed by atoms with E-state index in [1.807, 2.05) is 6.92 Å². The van der Waals surface area contributed by atoms with Crippen molar-refractivity contribution in [1.82, 2.24) is 5.32 Å². The summed E-state index contributed by atoms with van der Waals surface area (Å²) in [5.41, 5.74) is 0.227. The van der Waals surface area contributed by atoms with Crippen LogP contribution in [0.2, 0.25) is 0 Å². The molecule has 3 aromatic carbocycles. The lowest BCUT2D eigenvalue weighted by molar-refractivity contribution is -0.163. The molecule has 3 aromatic rings. The molecule has 0 heterocycles. The molecular weight excluding hydrogens is 899 g/mol. The molecule has 9 N–H and O–H groups in total. The van der Waals surface area contributed by atoms with Gasteiger partial charge < -0.3 is 54.8 Å². The number of carbonyl (C=O) groups excluding carboxylic acids is 2. The molecule has 0 saturated carbocycles. The number of methoxy groups -OCH3 is 2.